The summed E-state index contributed by atoms with van der Waals surface area (Å²) in [6, 6.07) is 16.1. The third kappa shape index (κ3) is 4.59. The van der Waals surface area contributed by atoms with Gasteiger partial charge in [0.25, 0.3) is 5.91 Å². The number of carbonyl (C=O) groups excluding carboxylic acids is 1. The van der Waals surface area contributed by atoms with Crippen molar-refractivity contribution in [1.82, 2.24) is 9.80 Å². The third-order valence-electron chi connectivity index (χ3n) is 4.77. The van der Waals surface area contributed by atoms with Crippen molar-refractivity contribution in [1.29, 1.82) is 0 Å². The number of likely N-dealkylation sites (N-methyl/N-ethyl adjacent to an activating group) is 1. The van der Waals surface area contributed by atoms with E-state index in [4.69, 9.17) is 4.74 Å². The van der Waals surface area contributed by atoms with E-state index in [1.54, 1.807) is 18.9 Å². The third-order valence-corrected chi connectivity index (χ3v) is 5.83. The van der Waals surface area contributed by atoms with Gasteiger partial charge in [0.05, 0.1) is 7.11 Å². The summed E-state index contributed by atoms with van der Waals surface area (Å²) in [6.07, 6.45) is 0. The zero-order chi connectivity index (χ0) is 18.4. The van der Waals surface area contributed by atoms with Gasteiger partial charge in [-0.05, 0) is 36.9 Å². The second-order valence-electron chi connectivity index (χ2n) is 6.35. The summed E-state index contributed by atoms with van der Waals surface area (Å²) in [5.74, 6) is 1.73. The van der Waals surface area contributed by atoms with Gasteiger partial charge >= 0.3 is 0 Å². The quantitative estimate of drug-likeness (QED) is 0.725. The molecule has 3 rings (SSSR count). The van der Waals surface area contributed by atoms with Crippen molar-refractivity contribution in [2.75, 3.05) is 39.8 Å². The lowest BCUT2D eigenvalue weighted by Crippen LogP contribution is -2.48. The van der Waals surface area contributed by atoms with Gasteiger partial charge in [-0.25, -0.2) is 0 Å². The van der Waals surface area contributed by atoms with Crippen LogP contribution in [0.1, 0.15) is 22.8 Å². The Labute approximate surface area is 160 Å². The molecule has 0 aliphatic carbocycles. The Kier molecular flexibility index (Phi) is 6.58. The summed E-state index contributed by atoms with van der Waals surface area (Å²) in [5, 5.41) is 0. The van der Waals surface area contributed by atoms with Crippen LogP contribution in [0.5, 0.6) is 5.75 Å². The summed E-state index contributed by atoms with van der Waals surface area (Å²) in [6.45, 7) is 6.72. The first-order valence-electron chi connectivity index (χ1n) is 9.07. The van der Waals surface area contributed by atoms with Crippen LogP contribution >= 0.6 is 11.8 Å². The minimum Gasteiger partial charge on any atom is -0.496 e. The molecule has 1 fully saturated rings. The van der Waals surface area contributed by atoms with E-state index in [1.165, 1.54) is 4.90 Å². The number of benzene rings is 2. The van der Waals surface area contributed by atoms with E-state index in [0.717, 1.165) is 55.4 Å². The highest BCUT2D eigenvalue weighted by Crippen LogP contribution is 2.29. The van der Waals surface area contributed by atoms with Crippen molar-refractivity contribution in [3.05, 3.63) is 59.7 Å². The lowest BCUT2D eigenvalue weighted by molar-refractivity contribution is 0.0643. The Bertz CT molecular complexity index is 728. The van der Waals surface area contributed by atoms with Gasteiger partial charge in [0.1, 0.15) is 5.75 Å². The van der Waals surface area contributed by atoms with Crippen LogP contribution in [0.25, 0.3) is 0 Å². The van der Waals surface area contributed by atoms with Gasteiger partial charge in [-0.1, -0.05) is 25.1 Å². The molecule has 1 heterocycles. The monoisotopic (exact) mass is 370 g/mol. The van der Waals surface area contributed by atoms with E-state index in [9.17, 15) is 4.79 Å². The number of methoxy groups -OCH3 is 1. The topological polar surface area (TPSA) is 32.8 Å². The predicted octanol–water partition coefficient (Wildman–Crippen LogP) is 3.77. The maximum Gasteiger partial charge on any atom is 0.253 e. The van der Waals surface area contributed by atoms with E-state index in [0.29, 0.717) is 0 Å². The second kappa shape index (κ2) is 9.10. The Balaban J connectivity index is 1.71. The molecule has 0 saturated carbocycles. The molecule has 4 nitrogen and oxygen atoms in total. The van der Waals surface area contributed by atoms with E-state index in [1.807, 2.05) is 41.3 Å². The fourth-order valence-electron chi connectivity index (χ4n) is 3.15. The van der Waals surface area contributed by atoms with Gasteiger partial charge < -0.3 is 14.5 Å². The standard InChI is InChI=1S/C21H26N2O2S/c1-3-22-11-13-23(14-12-22)21(24)17-9-10-20(25-2)18(15-17)16-26-19-7-5-4-6-8-19/h4-10,15H,3,11-14,16H2,1-2H3. The molecule has 1 aliphatic heterocycles. The van der Waals surface area contributed by atoms with E-state index in [2.05, 4.69) is 24.0 Å². The normalized spacial score (nSPS) is 15.1. The summed E-state index contributed by atoms with van der Waals surface area (Å²) >= 11 is 1.75. The molecule has 0 unspecified atom stereocenters. The molecule has 0 bridgehead atoms. The molecule has 0 N–H and O–H groups in total. The van der Waals surface area contributed by atoms with Crippen molar-refractivity contribution >= 4 is 17.7 Å². The lowest BCUT2D eigenvalue weighted by Gasteiger charge is -2.34. The fourth-order valence-corrected chi connectivity index (χ4v) is 4.05. The molecule has 5 heteroatoms. The molecule has 0 radical (unpaired) electrons. The van der Waals surface area contributed by atoms with Crippen molar-refractivity contribution < 1.29 is 9.53 Å². The van der Waals surface area contributed by atoms with Crippen molar-refractivity contribution in [3.63, 3.8) is 0 Å². The van der Waals surface area contributed by atoms with Crippen LogP contribution in [0, 0.1) is 0 Å². The fraction of sp³-hybridized carbons (Fsp3) is 0.381. The molecular formula is C21H26N2O2S. The van der Waals surface area contributed by atoms with E-state index < -0.39 is 0 Å². The van der Waals surface area contributed by atoms with Gasteiger partial charge in [0, 0.05) is 48.0 Å². The minimum absolute atomic E-state index is 0.120. The molecule has 0 aromatic heterocycles. The number of hydrogen-bond acceptors (Lipinski definition) is 4. The summed E-state index contributed by atoms with van der Waals surface area (Å²) in [7, 11) is 1.68. The number of piperazine rings is 1. The van der Waals surface area contributed by atoms with Crippen molar-refractivity contribution in [2.24, 2.45) is 0 Å². The van der Waals surface area contributed by atoms with E-state index in [-0.39, 0.29) is 5.91 Å². The second-order valence-corrected chi connectivity index (χ2v) is 7.40. The van der Waals surface area contributed by atoms with Crippen LogP contribution in [0.2, 0.25) is 0 Å². The van der Waals surface area contributed by atoms with Crippen LogP contribution in [0.3, 0.4) is 0 Å². The van der Waals surface area contributed by atoms with Gasteiger partial charge in [-0.3, -0.25) is 4.79 Å². The first-order valence-corrected chi connectivity index (χ1v) is 10.1. The average molecular weight is 371 g/mol. The molecular weight excluding hydrogens is 344 g/mol. The highest BCUT2D eigenvalue weighted by atomic mass is 32.2. The largest absolute Gasteiger partial charge is 0.496 e. The highest BCUT2D eigenvalue weighted by Gasteiger charge is 2.22. The van der Waals surface area contributed by atoms with Gasteiger partial charge in [-0.2, -0.15) is 0 Å². The highest BCUT2D eigenvalue weighted by molar-refractivity contribution is 7.98. The molecule has 1 saturated heterocycles. The van der Waals surface area contributed by atoms with Crippen LogP contribution in [0.15, 0.2) is 53.4 Å². The maximum atomic E-state index is 12.9. The summed E-state index contributed by atoms with van der Waals surface area (Å²) in [4.78, 5) is 18.4. The molecule has 2 aromatic carbocycles. The molecule has 1 aliphatic rings. The Morgan fingerprint density at radius 2 is 1.81 bits per heavy atom. The molecule has 0 spiro atoms. The molecule has 138 valence electrons. The smallest absolute Gasteiger partial charge is 0.253 e. The Morgan fingerprint density at radius 1 is 1.08 bits per heavy atom. The number of thioether (sulfide) groups is 1. The molecule has 1 amide bonds. The maximum absolute atomic E-state index is 12.9. The Morgan fingerprint density at radius 3 is 2.46 bits per heavy atom. The summed E-state index contributed by atoms with van der Waals surface area (Å²) < 4.78 is 5.50. The van der Waals surface area contributed by atoms with Gasteiger partial charge in [0.2, 0.25) is 0 Å². The number of amides is 1. The van der Waals surface area contributed by atoms with Crippen molar-refractivity contribution in [2.45, 2.75) is 17.6 Å². The van der Waals surface area contributed by atoms with E-state index >= 15 is 0 Å². The number of nitrogens with zero attached hydrogens (tertiary/aromatic N) is 2. The predicted molar refractivity (Wildman–Crippen MR) is 107 cm³/mol. The van der Waals surface area contributed by atoms with Crippen LogP contribution in [0.4, 0.5) is 0 Å². The summed E-state index contributed by atoms with van der Waals surface area (Å²) in [5.41, 5.74) is 1.80. The zero-order valence-corrected chi connectivity index (χ0v) is 16.3. The zero-order valence-electron chi connectivity index (χ0n) is 15.5. The SMILES string of the molecule is CCN1CCN(C(=O)c2ccc(OC)c(CSc3ccccc3)c2)CC1. The number of hydrogen-bond donors (Lipinski definition) is 0. The Hall–Kier alpha value is -1.98. The first kappa shape index (κ1) is 18.8. The van der Waals surface area contributed by atoms with Crippen LogP contribution in [-0.4, -0.2) is 55.5 Å². The van der Waals surface area contributed by atoms with Crippen LogP contribution in [-0.2, 0) is 5.75 Å². The van der Waals surface area contributed by atoms with Crippen LogP contribution < -0.4 is 4.74 Å². The molecule has 26 heavy (non-hydrogen) atoms. The number of rotatable bonds is 6. The van der Waals surface area contributed by atoms with Crippen molar-refractivity contribution in [3.8, 4) is 5.75 Å². The number of ether oxygens (including phenoxy) is 1. The number of carbonyl (C=O) groups is 1. The molecule has 0 atom stereocenters. The average Bonchev–Trinajstić information content (AvgIpc) is 2.72. The first-order chi connectivity index (χ1) is 12.7. The van der Waals surface area contributed by atoms with Gasteiger partial charge in [-0.15, -0.1) is 11.8 Å². The molecule has 2 aromatic rings. The minimum atomic E-state index is 0.120. The van der Waals surface area contributed by atoms with Gasteiger partial charge in [0.15, 0.2) is 0 Å². The lowest BCUT2D eigenvalue weighted by atomic mass is 10.1.